The molecule has 0 spiro atoms. The molecule has 1 N–H and O–H groups in total. The molecular formula is C23H38O3. The lowest BCUT2D eigenvalue weighted by atomic mass is 10.0. The van der Waals surface area contributed by atoms with E-state index in [1.165, 1.54) is 57.8 Å². The number of unbranched alkanes of at least 4 members (excludes halogenated alkanes) is 10. The van der Waals surface area contributed by atoms with Crippen LogP contribution in [-0.2, 0) is 16.1 Å². The van der Waals surface area contributed by atoms with Gasteiger partial charge in [0.2, 0.25) is 0 Å². The molecule has 3 heteroatoms. The number of aliphatic hydroxyl groups excluding tert-OH is 1. The second kappa shape index (κ2) is 15.9. The molecule has 1 aromatic carbocycles. The van der Waals surface area contributed by atoms with Gasteiger partial charge in [0.25, 0.3) is 0 Å². The van der Waals surface area contributed by atoms with Crippen LogP contribution in [0.5, 0.6) is 0 Å². The van der Waals surface area contributed by atoms with Gasteiger partial charge in [-0.3, -0.25) is 4.79 Å². The first-order chi connectivity index (χ1) is 12.7. The fourth-order valence-electron chi connectivity index (χ4n) is 3.14. The van der Waals surface area contributed by atoms with Gasteiger partial charge >= 0.3 is 5.97 Å². The van der Waals surface area contributed by atoms with Crippen molar-refractivity contribution in [3.8, 4) is 0 Å². The summed E-state index contributed by atoms with van der Waals surface area (Å²) in [6.07, 6.45) is 14.4. The zero-order chi connectivity index (χ0) is 18.9. The third-order valence-corrected chi connectivity index (χ3v) is 4.79. The molecule has 0 saturated heterocycles. The van der Waals surface area contributed by atoms with Gasteiger partial charge in [0, 0.05) is 0 Å². The molecule has 26 heavy (non-hydrogen) atoms. The molecule has 3 nitrogen and oxygen atoms in total. The fourth-order valence-corrected chi connectivity index (χ4v) is 3.14. The van der Waals surface area contributed by atoms with E-state index in [1.807, 2.05) is 30.3 Å². The molecule has 1 aromatic rings. The van der Waals surface area contributed by atoms with Gasteiger partial charge in [0.1, 0.15) is 6.61 Å². The number of benzene rings is 1. The summed E-state index contributed by atoms with van der Waals surface area (Å²) >= 11 is 0. The molecule has 0 amide bonds. The highest BCUT2D eigenvalue weighted by atomic mass is 16.5. The van der Waals surface area contributed by atoms with Gasteiger partial charge in [-0.15, -0.1) is 0 Å². The Morgan fingerprint density at radius 2 is 1.42 bits per heavy atom. The van der Waals surface area contributed by atoms with Crippen LogP contribution in [0.4, 0.5) is 0 Å². The molecule has 0 bridgehead atoms. The van der Waals surface area contributed by atoms with Crippen LogP contribution in [0.25, 0.3) is 0 Å². The van der Waals surface area contributed by atoms with Crippen LogP contribution in [0.15, 0.2) is 30.3 Å². The van der Waals surface area contributed by atoms with Crippen molar-refractivity contribution in [3.63, 3.8) is 0 Å². The lowest BCUT2D eigenvalue weighted by molar-refractivity contribution is -0.147. The minimum Gasteiger partial charge on any atom is -0.461 e. The summed E-state index contributed by atoms with van der Waals surface area (Å²) in [6.45, 7) is 2.54. The predicted octanol–water partition coefficient (Wildman–Crippen LogP) is 6.18. The van der Waals surface area contributed by atoms with Crippen molar-refractivity contribution in [1.82, 2.24) is 0 Å². The molecule has 0 aliphatic heterocycles. The molecular weight excluding hydrogens is 324 g/mol. The quantitative estimate of drug-likeness (QED) is 0.282. The number of aliphatic hydroxyl groups is 1. The summed E-state index contributed by atoms with van der Waals surface area (Å²) in [7, 11) is 0. The van der Waals surface area contributed by atoms with Crippen LogP contribution >= 0.6 is 0 Å². The number of hydrogen-bond donors (Lipinski definition) is 1. The van der Waals surface area contributed by atoms with E-state index in [9.17, 15) is 9.90 Å². The van der Waals surface area contributed by atoms with Crippen molar-refractivity contribution in [2.75, 3.05) is 0 Å². The number of rotatable bonds is 16. The van der Waals surface area contributed by atoms with Crippen molar-refractivity contribution in [2.45, 2.75) is 103 Å². The van der Waals surface area contributed by atoms with E-state index in [1.54, 1.807) is 0 Å². The summed E-state index contributed by atoms with van der Waals surface area (Å²) in [5.74, 6) is -0.315. The van der Waals surface area contributed by atoms with Gasteiger partial charge in [-0.05, 0) is 12.0 Å². The van der Waals surface area contributed by atoms with Crippen LogP contribution in [0.2, 0.25) is 0 Å². The standard InChI is InChI=1S/C23H38O3/c1-2-3-4-5-6-7-8-9-10-11-15-18-22(24)19-23(25)26-20-21-16-13-12-14-17-21/h12-14,16-17,22,24H,2-11,15,18-20H2,1H3/t22-/m0/s1. The first-order valence-corrected chi connectivity index (χ1v) is 10.6. The lowest BCUT2D eigenvalue weighted by Gasteiger charge is -2.10. The molecule has 148 valence electrons. The van der Waals surface area contributed by atoms with Crippen LogP contribution < -0.4 is 0 Å². The number of esters is 1. The van der Waals surface area contributed by atoms with E-state index < -0.39 is 6.10 Å². The second-order valence-electron chi connectivity index (χ2n) is 7.33. The third kappa shape index (κ3) is 12.9. The largest absolute Gasteiger partial charge is 0.461 e. The van der Waals surface area contributed by atoms with Crippen LogP contribution in [-0.4, -0.2) is 17.2 Å². The van der Waals surface area contributed by atoms with Gasteiger partial charge in [-0.2, -0.15) is 0 Å². The van der Waals surface area contributed by atoms with E-state index >= 15 is 0 Å². The van der Waals surface area contributed by atoms with E-state index in [2.05, 4.69) is 6.92 Å². The molecule has 1 rings (SSSR count). The third-order valence-electron chi connectivity index (χ3n) is 4.79. The van der Waals surface area contributed by atoms with Crippen molar-refractivity contribution >= 4 is 5.97 Å². The summed E-state index contributed by atoms with van der Waals surface area (Å²) in [5.41, 5.74) is 0.973. The predicted molar refractivity (Wildman–Crippen MR) is 108 cm³/mol. The first kappa shape index (κ1) is 22.7. The normalized spacial score (nSPS) is 12.1. The van der Waals surface area contributed by atoms with Crippen molar-refractivity contribution < 1.29 is 14.6 Å². The smallest absolute Gasteiger partial charge is 0.308 e. The molecule has 0 radical (unpaired) electrons. The van der Waals surface area contributed by atoms with Gasteiger partial charge in [0.05, 0.1) is 12.5 Å². The minimum absolute atomic E-state index is 0.102. The highest BCUT2D eigenvalue weighted by Gasteiger charge is 2.11. The molecule has 0 fully saturated rings. The van der Waals surface area contributed by atoms with E-state index in [-0.39, 0.29) is 19.0 Å². The van der Waals surface area contributed by atoms with Gasteiger partial charge in [-0.1, -0.05) is 108 Å². The molecule has 0 saturated carbocycles. The summed E-state index contributed by atoms with van der Waals surface area (Å²) in [6, 6.07) is 9.63. The summed E-state index contributed by atoms with van der Waals surface area (Å²) in [5, 5.41) is 9.96. The maximum atomic E-state index is 11.7. The van der Waals surface area contributed by atoms with Gasteiger partial charge in [-0.25, -0.2) is 0 Å². The first-order valence-electron chi connectivity index (χ1n) is 10.6. The average Bonchev–Trinajstić information content (AvgIpc) is 2.65. The average molecular weight is 363 g/mol. The summed E-state index contributed by atoms with van der Waals surface area (Å²) < 4.78 is 5.21. The molecule has 0 aromatic heterocycles. The van der Waals surface area contributed by atoms with Crippen molar-refractivity contribution in [3.05, 3.63) is 35.9 Å². The Morgan fingerprint density at radius 3 is 2.00 bits per heavy atom. The van der Waals surface area contributed by atoms with E-state index in [0.717, 1.165) is 18.4 Å². The maximum Gasteiger partial charge on any atom is 0.308 e. The fraction of sp³-hybridized carbons (Fsp3) is 0.696. The second-order valence-corrected chi connectivity index (χ2v) is 7.33. The van der Waals surface area contributed by atoms with E-state index in [0.29, 0.717) is 6.42 Å². The Kier molecular flexibility index (Phi) is 13.8. The minimum atomic E-state index is -0.572. The highest BCUT2D eigenvalue weighted by Crippen LogP contribution is 2.13. The Hall–Kier alpha value is -1.35. The van der Waals surface area contributed by atoms with Crippen LogP contribution in [0.3, 0.4) is 0 Å². The molecule has 0 heterocycles. The zero-order valence-corrected chi connectivity index (χ0v) is 16.6. The van der Waals surface area contributed by atoms with Gasteiger partial charge < -0.3 is 9.84 Å². The van der Waals surface area contributed by atoms with Gasteiger partial charge in [0.15, 0.2) is 0 Å². The molecule has 0 unspecified atom stereocenters. The number of carbonyl (C=O) groups excluding carboxylic acids is 1. The Balaban J connectivity index is 1.90. The van der Waals surface area contributed by atoms with Crippen molar-refractivity contribution in [1.29, 1.82) is 0 Å². The van der Waals surface area contributed by atoms with Crippen LogP contribution in [0, 0.1) is 0 Å². The number of hydrogen-bond acceptors (Lipinski definition) is 3. The molecule has 0 aliphatic rings. The zero-order valence-electron chi connectivity index (χ0n) is 16.6. The SMILES string of the molecule is CCCCCCCCCCCCC[C@H](O)CC(=O)OCc1ccccc1. The number of ether oxygens (including phenoxy) is 1. The lowest BCUT2D eigenvalue weighted by Crippen LogP contribution is -2.15. The van der Waals surface area contributed by atoms with E-state index in [4.69, 9.17) is 4.74 Å². The Morgan fingerprint density at radius 1 is 0.885 bits per heavy atom. The monoisotopic (exact) mass is 362 g/mol. The number of carbonyl (C=O) groups is 1. The van der Waals surface area contributed by atoms with Crippen LogP contribution in [0.1, 0.15) is 96.0 Å². The maximum absolute atomic E-state index is 11.7. The molecule has 1 atom stereocenters. The summed E-state index contributed by atoms with van der Waals surface area (Å²) in [4.78, 5) is 11.7. The highest BCUT2D eigenvalue weighted by molar-refractivity contribution is 5.69. The Bertz CT molecular complexity index is 444. The topological polar surface area (TPSA) is 46.5 Å². The van der Waals surface area contributed by atoms with Crippen molar-refractivity contribution in [2.24, 2.45) is 0 Å². The Labute approximate surface area is 160 Å². The molecule has 0 aliphatic carbocycles.